The first kappa shape index (κ1) is 11.0. The molecule has 0 aliphatic rings. The number of hydrogen-bond acceptors (Lipinski definition) is 2. The van der Waals surface area contributed by atoms with E-state index in [1.807, 2.05) is 0 Å². The van der Waals surface area contributed by atoms with Crippen molar-refractivity contribution in [3.63, 3.8) is 0 Å². The molecule has 0 aliphatic carbocycles. The Morgan fingerprint density at radius 3 is 2.57 bits per heavy atom. The van der Waals surface area contributed by atoms with Gasteiger partial charge in [-0.05, 0) is 19.2 Å². The Morgan fingerprint density at radius 2 is 2.14 bits per heavy atom. The molecule has 0 spiro atoms. The second-order valence-corrected chi connectivity index (χ2v) is 2.91. The van der Waals surface area contributed by atoms with Crippen molar-refractivity contribution < 1.29 is 13.2 Å². The summed E-state index contributed by atoms with van der Waals surface area (Å²) in [6.07, 6.45) is -2.89. The monoisotopic (exact) mass is 204 g/mol. The van der Waals surface area contributed by atoms with Gasteiger partial charge in [0.05, 0.1) is 5.69 Å². The molecule has 5 heteroatoms. The highest BCUT2D eigenvalue weighted by atomic mass is 19.4. The summed E-state index contributed by atoms with van der Waals surface area (Å²) in [5.41, 5.74) is 0.0503. The van der Waals surface area contributed by atoms with Crippen LogP contribution in [0, 0.1) is 0 Å². The number of hydrogen-bond donors (Lipinski definition) is 1. The summed E-state index contributed by atoms with van der Waals surface area (Å²) >= 11 is 0. The van der Waals surface area contributed by atoms with Crippen molar-refractivity contribution >= 4 is 0 Å². The third-order valence-corrected chi connectivity index (χ3v) is 1.85. The van der Waals surface area contributed by atoms with Gasteiger partial charge in [0.1, 0.15) is 5.92 Å². The molecule has 0 saturated heterocycles. The van der Waals surface area contributed by atoms with Gasteiger partial charge in [0.2, 0.25) is 0 Å². The number of pyridine rings is 1. The van der Waals surface area contributed by atoms with Crippen LogP contribution in [0.3, 0.4) is 0 Å². The quantitative estimate of drug-likeness (QED) is 0.813. The molecule has 1 heterocycles. The third-order valence-electron chi connectivity index (χ3n) is 1.85. The average molecular weight is 204 g/mol. The van der Waals surface area contributed by atoms with Crippen molar-refractivity contribution in [2.24, 2.45) is 0 Å². The van der Waals surface area contributed by atoms with Gasteiger partial charge >= 0.3 is 6.18 Å². The van der Waals surface area contributed by atoms with E-state index in [-0.39, 0.29) is 12.2 Å². The Bertz CT molecular complexity index is 271. The third kappa shape index (κ3) is 2.70. The molecule has 2 nitrogen and oxygen atoms in total. The van der Waals surface area contributed by atoms with Crippen LogP contribution in [0.5, 0.6) is 0 Å². The predicted octanol–water partition coefficient (Wildman–Crippen LogP) is 1.95. The second-order valence-electron chi connectivity index (χ2n) is 2.91. The van der Waals surface area contributed by atoms with Crippen LogP contribution in [0.4, 0.5) is 13.2 Å². The highest BCUT2D eigenvalue weighted by Crippen LogP contribution is 2.32. The van der Waals surface area contributed by atoms with Crippen LogP contribution >= 0.6 is 0 Å². The van der Waals surface area contributed by atoms with Gasteiger partial charge in [0.15, 0.2) is 0 Å². The number of nitrogens with one attached hydrogen (secondary N) is 1. The van der Waals surface area contributed by atoms with Crippen molar-refractivity contribution in [1.82, 2.24) is 10.3 Å². The fourth-order valence-electron chi connectivity index (χ4n) is 1.17. The lowest BCUT2D eigenvalue weighted by molar-refractivity contribution is -0.150. The van der Waals surface area contributed by atoms with Gasteiger partial charge in [-0.15, -0.1) is 0 Å². The van der Waals surface area contributed by atoms with Gasteiger partial charge in [-0.1, -0.05) is 6.07 Å². The molecule has 1 atom stereocenters. The van der Waals surface area contributed by atoms with Crippen LogP contribution in [-0.2, 0) is 0 Å². The van der Waals surface area contributed by atoms with Crippen LogP contribution in [0.25, 0.3) is 0 Å². The molecule has 0 aliphatic heterocycles. The number of rotatable bonds is 3. The minimum absolute atomic E-state index is 0.0503. The molecular weight excluding hydrogens is 193 g/mol. The van der Waals surface area contributed by atoms with E-state index in [0.29, 0.717) is 0 Å². The van der Waals surface area contributed by atoms with Gasteiger partial charge in [-0.3, -0.25) is 4.98 Å². The molecule has 0 bridgehead atoms. The largest absolute Gasteiger partial charge is 0.398 e. The number of likely N-dealkylation sites (N-methyl/N-ethyl adjacent to an activating group) is 1. The topological polar surface area (TPSA) is 24.9 Å². The molecule has 0 amide bonds. The van der Waals surface area contributed by atoms with Gasteiger partial charge < -0.3 is 5.32 Å². The van der Waals surface area contributed by atoms with E-state index >= 15 is 0 Å². The Morgan fingerprint density at radius 1 is 1.43 bits per heavy atom. The van der Waals surface area contributed by atoms with Gasteiger partial charge in [-0.2, -0.15) is 13.2 Å². The lowest BCUT2D eigenvalue weighted by Gasteiger charge is -2.18. The summed E-state index contributed by atoms with van der Waals surface area (Å²) in [7, 11) is 1.49. The molecule has 0 radical (unpaired) electrons. The van der Waals surface area contributed by atoms with E-state index in [0.717, 1.165) is 0 Å². The molecule has 0 saturated carbocycles. The molecule has 1 aromatic rings. The van der Waals surface area contributed by atoms with Crippen LogP contribution < -0.4 is 5.32 Å². The van der Waals surface area contributed by atoms with Crippen LogP contribution in [-0.4, -0.2) is 24.8 Å². The number of halogens is 3. The first-order valence-electron chi connectivity index (χ1n) is 4.18. The SMILES string of the molecule is CNCC(c1ccccn1)C(F)(F)F. The summed E-state index contributed by atoms with van der Waals surface area (Å²) in [4.78, 5) is 3.70. The standard InChI is InChI=1S/C9H11F3N2/c1-13-6-7(9(10,11)12)8-4-2-3-5-14-8/h2-5,7,13H,6H2,1H3. The molecule has 1 rings (SSSR count). The van der Waals surface area contributed by atoms with E-state index in [4.69, 9.17) is 0 Å². The minimum atomic E-state index is -4.25. The van der Waals surface area contributed by atoms with Crippen molar-refractivity contribution in [3.8, 4) is 0 Å². The number of aromatic nitrogens is 1. The first-order valence-corrected chi connectivity index (χ1v) is 4.18. The highest BCUT2D eigenvalue weighted by molar-refractivity contribution is 5.12. The average Bonchev–Trinajstić information content (AvgIpc) is 2.14. The van der Waals surface area contributed by atoms with Crippen molar-refractivity contribution in [2.75, 3.05) is 13.6 Å². The van der Waals surface area contributed by atoms with Crippen LogP contribution in [0.1, 0.15) is 11.6 Å². The summed E-state index contributed by atoms with van der Waals surface area (Å²) in [5, 5.41) is 2.51. The number of alkyl halides is 3. The maximum atomic E-state index is 12.5. The molecule has 78 valence electrons. The summed E-state index contributed by atoms with van der Waals surface area (Å²) in [6, 6.07) is 4.53. The molecular formula is C9H11F3N2. The molecule has 1 N–H and O–H groups in total. The van der Waals surface area contributed by atoms with Crippen molar-refractivity contribution in [3.05, 3.63) is 30.1 Å². The van der Waals surface area contributed by atoms with Gasteiger partial charge in [0, 0.05) is 12.7 Å². The zero-order valence-corrected chi connectivity index (χ0v) is 7.67. The van der Waals surface area contributed by atoms with Crippen LogP contribution in [0.2, 0.25) is 0 Å². The van der Waals surface area contributed by atoms with E-state index in [1.54, 1.807) is 12.1 Å². The lowest BCUT2D eigenvalue weighted by Crippen LogP contribution is -2.30. The second kappa shape index (κ2) is 4.41. The highest BCUT2D eigenvalue weighted by Gasteiger charge is 2.40. The Balaban J connectivity index is 2.89. The van der Waals surface area contributed by atoms with Gasteiger partial charge in [0.25, 0.3) is 0 Å². The molecule has 1 aromatic heterocycles. The van der Waals surface area contributed by atoms with E-state index in [9.17, 15) is 13.2 Å². The lowest BCUT2D eigenvalue weighted by atomic mass is 10.0. The normalized spacial score (nSPS) is 14.0. The van der Waals surface area contributed by atoms with E-state index in [2.05, 4.69) is 10.3 Å². The van der Waals surface area contributed by atoms with Crippen molar-refractivity contribution in [2.45, 2.75) is 12.1 Å². The summed E-state index contributed by atoms with van der Waals surface area (Å²) in [6.45, 7) is -0.152. The molecule has 0 aromatic carbocycles. The molecule has 14 heavy (non-hydrogen) atoms. The van der Waals surface area contributed by atoms with Crippen molar-refractivity contribution in [1.29, 1.82) is 0 Å². The predicted molar refractivity (Wildman–Crippen MR) is 47.0 cm³/mol. The zero-order valence-electron chi connectivity index (χ0n) is 7.67. The molecule has 0 fully saturated rings. The Hall–Kier alpha value is -1.10. The minimum Gasteiger partial charge on any atom is -0.319 e. The van der Waals surface area contributed by atoms with E-state index < -0.39 is 12.1 Å². The van der Waals surface area contributed by atoms with Gasteiger partial charge in [-0.25, -0.2) is 0 Å². The first-order chi connectivity index (χ1) is 6.55. The number of nitrogens with zero attached hydrogens (tertiary/aromatic N) is 1. The summed E-state index contributed by atoms with van der Waals surface area (Å²) < 4.78 is 37.5. The Kier molecular flexibility index (Phi) is 3.46. The maximum absolute atomic E-state index is 12.5. The maximum Gasteiger partial charge on any atom is 0.398 e. The zero-order chi connectivity index (χ0) is 10.6. The smallest absolute Gasteiger partial charge is 0.319 e. The summed E-state index contributed by atoms with van der Waals surface area (Å²) in [5.74, 6) is -1.53. The fraction of sp³-hybridized carbons (Fsp3) is 0.444. The van der Waals surface area contributed by atoms with E-state index in [1.165, 1.54) is 19.3 Å². The van der Waals surface area contributed by atoms with Crippen LogP contribution in [0.15, 0.2) is 24.4 Å². The fourth-order valence-corrected chi connectivity index (χ4v) is 1.17. The Labute approximate surface area is 80.2 Å². The molecule has 1 unspecified atom stereocenters.